The lowest BCUT2D eigenvalue weighted by Gasteiger charge is -2.01. The standard InChI is InChI=1S/C16H15FN2O2S2/c1-3-19-14-9-6-12(17)10-15(14)22-16(19)18-23(20,21)13-7-4-11(2)5-8-13/h4-10H,3H2,1-2H3. The molecule has 0 N–H and O–H groups in total. The third-order valence-electron chi connectivity index (χ3n) is 3.48. The van der Waals surface area contributed by atoms with Crippen LogP contribution in [0.5, 0.6) is 0 Å². The van der Waals surface area contributed by atoms with Crippen molar-refractivity contribution < 1.29 is 12.8 Å². The highest BCUT2D eigenvalue weighted by Gasteiger charge is 2.14. The van der Waals surface area contributed by atoms with Gasteiger partial charge in [-0.2, -0.15) is 8.42 Å². The summed E-state index contributed by atoms with van der Waals surface area (Å²) in [5, 5.41) is 0. The number of hydrogen-bond donors (Lipinski definition) is 0. The van der Waals surface area contributed by atoms with Gasteiger partial charge in [-0.05, 0) is 44.2 Å². The molecule has 0 aliphatic carbocycles. The van der Waals surface area contributed by atoms with Crippen LogP contribution in [-0.2, 0) is 16.6 Å². The molecule has 0 saturated heterocycles. The molecule has 0 spiro atoms. The van der Waals surface area contributed by atoms with Gasteiger partial charge in [-0.3, -0.25) is 0 Å². The van der Waals surface area contributed by atoms with E-state index in [0.717, 1.165) is 22.4 Å². The van der Waals surface area contributed by atoms with E-state index in [4.69, 9.17) is 0 Å². The maximum atomic E-state index is 13.4. The van der Waals surface area contributed by atoms with Gasteiger partial charge in [-0.1, -0.05) is 29.0 Å². The third kappa shape index (κ3) is 3.07. The van der Waals surface area contributed by atoms with E-state index in [1.165, 1.54) is 24.3 Å². The number of fused-ring (bicyclic) bond motifs is 1. The van der Waals surface area contributed by atoms with Crippen LogP contribution in [0.15, 0.2) is 51.8 Å². The number of thiazole rings is 1. The van der Waals surface area contributed by atoms with Crippen molar-refractivity contribution in [2.75, 3.05) is 0 Å². The number of sulfonamides is 1. The summed E-state index contributed by atoms with van der Waals surface area (Å²) in [6, 6.07) is 10.9. The molecule has 4 nitrogen and oxygen atoms in total. The van der Waals surface area contributed by atoms with E-state index in [0.29, 0.717) is 16.0 Å². The molecule has 1 heterocycles. The average Bonchev–Trinajstić information content (AvgIpc) is 2.82. The number of nitrogens with zero attached hydrogens (tertiary/aromatic N) is 2. The first-order valence-electron chi connectivity index (χ1n) is 7.07. The van der Waals surface area contributed by atoms with Crippen LogP contribution in [0, 0.1) is 12.7 Å². The lowest BCUT2D eigenvalue weighted by molar-refractivity contribution is 0.595. The van der Waals surface area contributed by atoms with E-state index in [2.05, 4.69) is 4.40 Å². The number of benzene rings is 2. The zero-order valence-corrected chi connectivity index (χ0v) is 14.3. The van der Waals surface area contributed by atoms with Gasteiger partial charge in [0, 0.05) is 6.54 Å². The highest BCUT2D eigenvalue weighted by atomic mass is 32.2. The summed E-state index contributed by atoms with van der Waals surface area (Å²) in [5.41, 5.74) is 1.75. The fraction of sp³-hybridized carbons (Fsp3) is 0.188. The number of hydrogen-bond acceptors (Lipinski definition) is 3. The van der Waals surface area contributed by atoms with Crippen molar-refractivity contribution in [1.29, 1.82) is 0 Å². The van der Waals surface area contributed by atoms with E-state index in [1.54, 1.807) is 22.8 Å². The van der Waals surface area contributed by atoms with Crippen LogP contribution in [0.4, 0.5) is 4.39 Å². The van der Waals surface area contributed by atoms with E-state index in [-0.39, 0.29) is 10.7 Å². The molecule has 0 aliphatic heterocycles. The third-order valence-corrected chi connectivity index (χ3v) is 5.92. The molecule has 7 heteroatoms. The lowest BCUT2D eigenvalue weighted by Crippen LogP contribution is -2.16. The van der Waals surface area contributed by atoms with Gasteiger partial charge in [-0.25, -0.2) is 4.39 Å². The topological polar surface area (TPSA) is 51.4 Å². The van der Waals surface area contributed by atoms with Gasteiger partial charge in [0.25, 0.3) is 10.0 Å². The van der Waals surface area contributed by atoms with Gasteiger partial charge in [0.1, 0.15) is 5.82 Å². The SMILES string of the molecule is CCn1c(=NS(=O)(=O)c2ccc(C)cc2)sc2cc(F)ccc21. The molecule has 3 aromatic rings. The molecule has 120 valence electrons. The smallest absolute Gasteiger partial charge is 0.285 e. The second-order valence-corrected chi connectivity index (χ2v) is 7.73. The van der Waals surface area contributed by atoms with E-state index < -0.39 is 10.0 Å². The molecule has 0 amide bonds. The Hall–Kier alpha value is -1.99. The van der Waals surface area contributed by atoms with Gasteiger partial charge in [0.05, 0.1) is 15.1 Å². The van der Waals surface area contributed by atoms with Crippen molar-refractivity contribution in [1.82, 2.24) is 4.57 Å². The fourth-order valence-corrected chi connectivity index (χ4v) is 4.61. The van der Waals surface area contributed by atoms with E-state index in [9.17, 15) is 12.8 Å². The maximum Gasteiger partial charge on any atom is 0.285 e. The van der Waals surface area contributed by atoms with Crippen LogP contribution in [-0.4, -0.2) is 13.0 Å². The number of aryl methyl sites for hydroxylation is 2. The Bertz CT molecular complexity index is 1030. The van der Waals surface area contributed by atoms with Gasteiger partial charge >= 0.3 is 0 Å². The molecule has 0 radical (unpaired) electrons. The first kappa shape index (κ1) is 15.9. The Labute approximate surface area is 137 Å². The molecule has 23 heavy (non-hydrogen) atoms. The quantitative estimate of drug-likeness (QED) is 0.726. The molecule has 3 rings (SSSR count). The van der Waals surface area contributed by atoms with Crippen molar-refractivity contribution >= 4 is 31.6 Å². The van der Waals surface area contributed by atoms with Crippen molar-refractivity contribution in [3.05, 3.63) is 58.6 Å². The minimum absolute atomic E-state index is 0.148. The van der Waals surface area contributed by atoms with Crippen LogP contribution >= 0.6 is 11.3 Å². The van der Waals surface area contributed by atoms with Gasteiger partial charge in [-0.15, -0.1) is 4.40 Å². The Kier molecular flexibility index (Phi) is 4.08. The first-order valence-corrected chi connectivity index (χ1v) is 9.33. The van der Waals surface area contributed by atoms with Crippen molar-refractivity contribution in [2.24, 2.45) is 4.40 Å². The van der Waals surface area contributed by atoms with Crippen molar-refractivity contribution in [3.63, 3.8) is 0 Å². The zero-order valence-electron chi connectivity index (χ0n) is 12.7. The monoisotopic (exact) mass is 350 g/mol. The van der Waals surface area contributed by atoms with Crippen LogP contribution in [0.3, 0.4) is 0 Å². The number of halogens is 1. The van der Waals surface area contributed by atoms with Gasteiger partial charge in [0.2, 0.25) is 4.80 Å². The summed E-state index contributed by atoms with van der Waals surface area (Å²) in [6.07, 6.45) is 0. The number of aromatic nitrogens is 1. The molecule has 2 aromatic carbocycles. The average molecular weight is 350 g/mol. The Morgan fingerprint density at radius 3 is 2.52 bits per heavy atom. The molecular weight excluding hydrogens is 335 g/mol. The molecule has 0 unspecified atom stereocenters. The summed E-state index contributed by atoms with van der Waals surface area (Å²) in [6.45, 7) is 4.33. The fourth-order valence-electron chi connectivity index (χ4n) is 2.29. The minimum atomic E-state index is -3.80. The predicted molar refractivity (Wildman–Crippen MR) is 89.4 cm³/mol. The van der Waals surface area contributed by atoms with Crippen molar-refractivity contribution in [3.8, 4) is 0 Å². The molecule has 0 atom stereocenters. The summed E-state index contributed by atoms with van der Waals surface area (Å²) in [7, 11) is -3.80. The predicted octanol–water partition coefficient (Wildman–Crippen LogP) is 3.46. The number of rotatable bonds is 3. The Morgan fingerprint density at radius 1 is 1.17 bits per heavy atom. The molecule has 0 aliphatic rings. The molecule has 0 bridgehead atoms. The van der Waals surface area contributed by atoms with Crippen LogP contribution in [0.25, 0.3) is 10.2 Å². The van der Waals surface area contributed by atoms with E-state index in [1.807, 2.05) is 13.8 Å². The second kappa shape index (κ2) is 5.90. The van der Waals surface area contributed by atoms with Gasteiger partial charge < -0.3 is 4.57 Å². The molecule has 1 aromatic heterocycles. The molecular formula is C16H15FN2O2S2. The largest absolute Gasteiger partial charge is 0.316 e. The van der Waals surface area contributed by atoms with E-state index >= 15 is 0 Å². The molecule has 0 saturated carbocycles. The summed E-state index contributed by atoms with van der Waals surface area (Å²) in [4.78, 5) is 0.489. The lowest BCUT2D eigenvalue weighted by atomic mass is 10.2. The van der Waals surface area contributed by atoms with Crippen LogP contribution < -0.4 is 4.80 Å². The highest BCUT2D eigenvalue weighted by molar-refractivity contribution is 7.90. The second-order valence-electron chi connectivity index (χ2n) is 5.12. The van der Waals surface area contributed by atoms with Crippen LogP contribution in [0.1, 0.15) is 12.5 Å². The first-order chi connectivity index (χ1) is 10.9. The maximum absolute atomic E-state index is 13.4. The summed E-state index contributed by atoms with van der Waals surface area (Å²) >= 11 is 1.16. The van der Waals surface area contributed by atoms with Gasteiger partial charge in [0.15, 0.2) is 0 Å². The minimum Gasteiger partial charge on any atom is -0.316 e. The summed E-state index contributed by atoms with van der Waals surface area (Å²) < 4.78 is 44.7. The van der Waals surface area contributed by atoms with Crippen molar-refractivity contribution in [2.45, 2.75) is 25.3 Å². The Morgan fingerprint density at radius 2 is 1.87 bits per heavy atom. The normalized spacial score (nSPS) is 12.9. The van der Waals surface area contributed by atoms with Crippen LogP contribution in [0.2, 0.25) is 0 Å². The molecule has 0 fully saturated rings. The highest BCUT2D eigenvalue weighted by Crippen LogP contribution is 2.19. The Balaban J connectivity index is 2.22. The zero-order chi connectivity index (χ0) is 16.6. The summed E-state index contributed by atoms with van der Waals surface area (Å²) in [5.74, 6) is -0.352.